The molecule has 0 aliphatic rings. The smallest absolute Gasteiger partial charge is 0.331 e. The van der Waals surface area contributed by atoms with Crippen LogP contribution in [0.4, 0.5) is 0 Å². The Morgan fingerprint density at radius 3 is 2.62 bits per heavy atom. The molecule has 0 heterocycles. The highest BCUT2D eigenvalue weighted by Crippen LogP contribution is 2.26. The van der Waals surface area contributed by atoms with Crippen LogP contribution in [0.3, 0.4) is 0 Å². The van der Waals surface area contributed by atoms with Gasteiger partial charge in [0.05, 0.1) is 13.2 Å². The van der Waals surface area contributed by atoms with Crippen molar-refractivity contribution >= 4 is 18.0 Å². The summed E-state index contributed by atoms with van der Waals surface area (Å²) < 4.78 is 9.92. The molecule has 2 N–H and O–H groups in total. The first-order chi connectivity index (χ1) is 12.5. The maximum absolute atomic E-state index is 11.9. The largest absolute Gasteiger partial charge is 0.504 e. The summed E-state index contributed by atoms with van der Waals surface area (Å²) in [5.74, 6) is -0.708. The van der Waals surface area contributed by atoms with Crippen LogP contribution in [0.5, 0.6) is 11.5 Å². The maximum atomic E-state index is 11.9. The lowest BCUT2D eigenvalue weighted by Crippen LogP contribution is -2.30. The van der Waals surface area contributed by atoms with E-state index in [-0.39, 0.29) is 24.3 Å². The summed E-state index contributed by atoms with van der Waals surface area (Å²) in [6, 6.07) is 14.0. The summed E-state index contributed by atoms with van der Waals surface area (Å²) in [6.45, 7) is 1.49. The molecule has 0 fully saturated rings. The average molecular weight is 355 g/mol. The van der Waals surface area contributed by atoms with E-state index in [9.17, 15) is 14.7 Å². The highest BCUT2D eigenvalue weighted by Gasteiger charge is 2.10. The van der Waals surface area contributed by atoms with Gasteiger partial charge in [-0.15, -0.1) is 0 Å². The van der Waals surface area contributed by atoms with E-state index in [2.05, 4.69) is 5.32 Å². The Bertz CT molecular complexity index is 786. The van der Waals surface area contributed by atoms with Crippen LogP contribution in [0.15, 0.2) is 54.6 Å². The number of hydrogen-bond acceptors (Lipinski definition) is 5. The molecule has 0 aliphatic carbocycles. The molecule has 0 bridgehead atoms. The molecule has 2 rings (SSSR count). The SMILES string of the molecule is COc1cc(C=CC(=O)OCC(=O)NC(C)c2ccccc2)ccc1O. The number of rotatable bonds is 7. The lowest BCUT2D eigenvalue weighted by Gasteiger charge is -2.13. The van der Waals surface area contributed by atoms with Gasteiger partial charge in [0.1, 0.15) is 0 Å². The van der Waals surface area contributed by atoms with E-state index in [1.165, 1.54) is 25.3 Å². The van der Waals surface area contributed by atoms with Crippen LogP contribution in [0, 0.1) is 0 Å². The number of carbonyl (C=O) groups excluding carboxylic acids is 2. The van der Waals surface area contributed by atoms with Crippen molar-refractivity contribution in [2.24, 2.45) is 0 Å². The molecule has 1 amide bonds. The molecule has 1 unspecified atom stereocenters. The first kappa shape index (κ1) is 19.1. The molecule has 6 nitrogen and oxygen atoms in total. The predicted molar refractivity (Wildman–Crippen MR) is 97.7 cm³/mol. The fourth-order valence-corrected chi connectivity index (χ4v) is 2.26. The molecule has 26 heavy (non-hydrogen) atoms. The van der Waals surface area contributed by atoms with Crippen LogP contribution in [-0.4, -0.2) is 30.7 Å². The fourth-order valence-electron chi connectivity index (χ4n) is 2.26. The third kappa shape index (κ3) is 5.66. The van der Waals surface area contributed by atoms with Gasteiger partial charge >= 0.3 is 5.97 Å². The zero-order valence-electron chi connectivity index (χ0n) is 14.6. The van der Waals surface area contributed by atoms with Gasteiger partial charge in [-0.3, -0.25) is 4.79 Å². The molecule has 0 aromatic heterocycles. The number of esters is 1. The maximum Gasteiger partial charge on any atom is 0.331 e. The molecule has 0 aliphatic heterocycles. The number of aromatic hydroxyl groups is 1. The van der Waals surface area contributed by atoms with Crippen molar-refractivity contribution in [3.63, 3.8) is 0 Å². The topological polar surface area (TPSA) is 84.9 Å². The first-order valence-corrected chi connectivity index (χ1v) is 8.05. The van der Waals surface area contributed by atoms with E-state index >= 15 is 0 Å². The molecule has 6 heteroatoms. The summed E-state index contributed by atoms with van der Waals surface area (Å²) in [5.41, 5.74) is 1.62. The summed E-state index contributed by atoms with van der Waals surface area (Å²) in [7, 11) is 1.44. The number of phenolic OH excluding ortho intramolecular Hbond substituents is 1. The van der Waals surface area contributed by atoms with Gasteiger partial charge in [0.25, 0.3) is 5.91 Å². The number of nitrogens with one attached hydrogen (secondary N) is 1. The van der Waals surface area contributed by atoms with Crippen molar-refractivity contribution in [1.29, 1.82) is 0 Å². The summed E-state index contributed by atoms with van der Waals surface area (Å²) in [4.78, 5) is 23.6. The highest BCUT2D eigenvalue weighted by molar-refractivity contribution is 5.89. The predicted octanol–water partition coefficient (Wildman–Crippen LogP) is 2.83. The Balaban J connectivity index is 1.81. The number of ether oxygens (including phenoxy) is 2. The minimum Gasteiger partial charge on any atom is -0.504 e. The Hall–Kier alpha value is -3.28. The number of phenols is 1. The Morgan fingerprint density at radius 2 is 1.92 bits per heavy atom. The zero-order chi connectivity index (χ0) is 18.9. The number of methoxy groups -OCH3 is 1. The van der Waals surface area contributed by atoms with Crippen molar-refractivity contribution in [3.05, 3.63) is 65.7 Å². The molecular formula is C20H21NO5. The normalized spacial score (nSPS) is 11.8. The summed E-state index contributed by atoms with van der Waals surface area (Å²) >= 11 is 0. The van der Waals surface area contributed by atoms with Gasteiger partial charge in [0.15, 0.2) is 18.1 Å². The second kappa shape index (κ2) is 9.27. The average Bonchev–Trinajstić information content (AvgIpc) is 2.66. The third-order valence-electron chi connectivity index (χ3n) is 3.64. The number of amides is 1. The van der Waals surface area contributed by atoms with Crippen LogP contribution < -0.4 is 10.1 Å². The van der Waals surface area contributed by atoms with Gasteiger partial charge < -0.3 is 19.9 Å². The second-order valence-corrected chi connectivity index (χ2v) is 5.57. The minimum atomic E-state index is -0.639. The van der Waals surface area contributed by atoms with E-state index in [1.807, 2.05) is 37.3 Å². The highest BCUT2D eigenvalue weighted by atomic mass is 16.5. The van der Waals surface area contributed by atoms with Crippen molar-refractivity contribution in [1.82, 2.24) is 5.32 Å². The van der Waals surface area contributed by atoms with Gasteiger partial charge in [-0.1, -0.05) is 36.4 Å². The summed E-state index contributed by atoms with van der Waals surface area (Å²) in [5, 5.41) is 12.3. The molecule has 1 atom stereocenters. The van der Waals surface area contributed by atoms with Crippen molar-refractivity contribution in [3.8, 4) is 11.5 Å². The molecular weight excluding hydrogens is 334 g/mol. The van der Waals surface area contributed by atoms with E-state index in [4.69, 9.17) is 9.47 Å². The van der Waals surface area contributed by atoms with Crippen LogP contribution in [0.1, 0.15) is 24.1 Å². The molecule has 0 saturated carbocycles. The number of carbonyl (C=O) groups is 2. The monoisotopic (exact) mass is 355 g/mol. The fraction of sp³-hybridized carbons (Fsp3) is 0.200. The second-order valence-electron chi connectivity index (χ2n) is 5.57. The number of hydrogen-bond donors (Lipinski definition) is 2. The first-order valence-electron chi connectivity index (χ1n) is 8.05. The van der Waals surface area contributed by atoms with Crippen LogP contribution in [0.2, 0.25) is 0 Å². The quantitative estimate of drug-likeness (QED) is 0.589. The van der Waals surface area contributed by atoms with Crippen LogP contribution in [0.25, 0.3) is 6.08 Å². The molecule has 0 radical (unpaired) electrons. The van der Waals surface area contributed by atoms with Crippen LogP contribution >= 0.6 is 0 Å². The van der Waals surface area contributed by atoms with E-state index in [1.54, 1.807) is 12.1 Å². The molecule has 0 saturated heterocycles. The Morgan fingerprint density at radius 1 is 1.19 bits per heavy atom. The van der Waals surface area contributed by atoms with Crippen molar-refractivity contribution < 1.29 is 24.2 Å². The van der Waals surface area contributed by atoms with E-state index < -0.39 is 5.97 Å². The van der Waals surface area contributed by atoms with Gasteiger partial charge in [0.2, 0.25) is 0 Å². The Kier molecular flexibility index (Phi) is 6.79. The van der Waals surface area contributed by atoms with Gasteiger partial charge in [-0.2, -0.15) is 0 Å². The molecule has 2 aromatic carbocycles. The van der Waals surface area contributed by atoms with E-state index in [0.717, 1.165) is 5.56 Å². The summed E-state index contributed by atoms with van der Waals surface area (Å²) in [6.07, 6.45) is 2.72. The molecule has 2 aromatic rings. The van der Waals surface area contributed by atoms with E-state index in [0.29, 0.717) is 11.3 Å². The lowest BCUT2D eigenvalue weighted by molar-refractivity contribution is -0.144. The van der Waals surface area contributed by atoms with Crippen molar-refractivity contribution in [2.75, 3.05) is 13.7 Å². The zero-order valence-corrected chi connectivity index (χ0v) is 14.6. The molecule has 136 valence electrons. The third-order valence-corrected chi connectivity index (χ3v) is 3.64. The van der Waals surface area contributed by atoms with Gasteiger partial charge in [-0.05, 0) is 36.3 Å². The minimum absolute atomic E-state index is 0.0106. The van der Waals surface area contributed by atoms with Gasteiger partial charge in [-0.25, -0.2) is 4.79 Å². The molecule has 0 spiro atoms. The van der Waals surface area contributed by atoms with Crippen LogP contribution in [-0.2, 0) is 14.3 Å². The van der Waals surface area contributed by atoms with Crippen molar-refractivity contribution in [2.45, 2.75) is 13.0 Å². The number of benzene rings is 2. The standard InChI is InChI=1S/C20H21NO5/c1-14(16-6-4-3-5-7-16)21-19(23)13-26-20(24)11-9-15-8-10-17(22)18(12-15)25-2/h3-12,14,22H,13H2,1-2H3,(H,21,23). The van der Waals surface area contributed by atoms with Gasteiger partial charge in [0, 0.05) is 6.08 Å². The lowest BCUT2D eigenvalue weighted by atomic mass is 10.1. The Labute approximate surface area is 152 Å².